The average molecular weight is 237 g/mol. The molecule has 0 aliphatic carbocycles. The SMILES string of the molecule is Cc1nc(C)c(C(=O)N2C[C@H](C)N[C@@H](C)C2)o1. The molecule has 1 saturated heterocycles. The zero-order valence-corrected chi connectivity index (χ0v) is 10.8. The van der Waals surface area contributed by atoms with E-state index >= 15 is 0 Å². The molecule has 0 unspecified atom stereocenters. The van der Waals surface area contributed by atoms with Crippen molar-refractivity contribution >= 4 is 5.91 Å². The van der Waals surface area contributed by atoms with E-state index in [9.17, 15) is 4.79 Å². The lowest BCUT2D eigenvalue weighted by Gasteiger charge is -2.35. The van der Waals surface area contributed by atoms with E-state index in [0.29, 0.717) is 42.5 Å². The van der Waals surface area contributed by atoms with Crippen LogP contribution in [-0.2, 0) is 0 Å². The lowest BCUT2D eigenvalue weighted by molar-refractivity contribution is 0.0639. The molecule has 0 spiro atoms. The van der Waals surface area contributed by atoms with Crippen LogP contribution in [0, 0.1) is 13.8 Å². The molecule has 2 rings (SSSR count). The third kappa shape index (κ3) is 2.49. The molecule has 1 fully saturated rings. The number of nitrogens with one attached hydrogen (secondary N) is 1. The van der Waals surface area contributed by atoms with Crippen molar-refractivity contribution in [1.29, 1.82) is 0 Å². The zero-order valence-electron chi connectivity index (χ0n) is 10.8. The van der Waals surface area contributed by atoms with Crippen molar-refractivity contribution in [2.24, 2.45) is 0 Å². The van der Waals surface area contributed by atoms with Crippen LogP contribution in [0.5, 0.6) is 0 Å². The Hall–Kier alpha value is -1.36. The first-order valence-electron chi connectivity index (χ1n) is 5.96. The average Bonchev–Trinajstić information content (AvgIpc) is 2.55. The van der Waals surface area contributed by atoms with Crippen molar-refractivity contribution in [1.82, 2.24) is 15.2 Å². The summed E-state index contributed by atoms with van der Waals surface area (Å²) in [5.74, 6) is 0.870. The van der Waals surface area contributed by atoms with E-state index < -0.39 is 0 Å². The highest BCUT2D eigenvalue weighted by molar-refractivity contribution is 5.92. The van der Waals surface area contributed by atoms with Crippen LogP contribution in [0.15, 0.2) is 4.42 Å². The Morgan fingerprint density at radius 3 is 2.41 bits per heavy atom. The summed E-state index contributed by atoms with van der Waals surface area (Å²) in [5, 5.41) is 3.40. The highest BCUT2D eigenvalue weighted by atomic mass is 16.4. The Bertz CT molecular complexity index is 417. The number of amides is 1. The molecule has 1 aliphatic rings. The van der Waals surface area contributed by atoms with Crippen molar-refractivity contribution in [2.75, 3.05) is 13.1 Å². The molecule has 1 aromatic rings. The fourth-order valence-electron chi connectivity index (χ4n) is 2.37. The van der Waals surface area contributed by atoms with Gasteiger partial charge in [-0.1, -0.05) is 0 Å². The van der Waals surface area contributed by atoms with Crippen molar-refractivity contribution in [2.45, 2.75) is 39.8 Å². The second-order valence-corrected chi connectivity index (χ2v) is 4.83. The van der Waals surface area contributed by atoms with Crippen LogP contribution >= 0.6 is 0 Å². The van der Waals surface area contributed by atoms with E-state index in [1.807, 2.05) is 4.90 Å². The summed E-state index contributed by atoms with van der Waals surface area (Å²) in [6.45, 7) is 9.14. The van der Waals surface area contributed by atoms with Crippen molar-refractivity contribution in [3.63, 3.8) is 0 Å². The molecule has 5 nitrogen and oxygen atoms in total. The molecule has 0 aromatic carbocycles. The van der Waals surface area contributed by atoms with Gasteiger partial charge >= 0.3 is 0 Å². The molecule has 0 bridgehead atoms. The second kappa shape index (κ2) is 4.49. The van der Waals surface area contributed by atoms with Crippen molar-refractivity contribution < 1.29 is 9.21 Å². The molecule has 0 saturated carbocycles. The van der Waals surface area contributed by atoms with Crippen molar-refractivity contribution in [3.8, 4) is 0 Å². The normalized spacial score (nSPS) is 25.1. The van der Waals surface area contributed by atoms with E-state index in [2.05, 4.69) is 24.1 Å². The molecular weight excluding hydrogens is 218 g/mol. The summed E-state index contributed by atoms with van der Waals surface area (Å²) < 4.78 is 5.38. The first-order chi connectivity index (χ1) is 7.97. The smallest absolute Gasteiger partial charge is 0.291 e. The largest absolute Gasteiger partial charge is 0.436 e. The second-order valence-electron chi connectivity index (χ2n) is 4.83. The maximum absolute atomic E-state index is 12.3. The highest BCUT2D eigenvalue weighted by Crippen LogP contribution is 2.15. The van der Waals surface area contributed by atoms with Crippen LogP contribution in [0.1, 0.15) is 36.0 Å². The molecule has 94 valence electrons. The number of piperazine rings is 1. The van der Waals surface area contributed by atoms with Crippen LogP contribution in [0.2, 0.25) is 0 Å². The number of nitrogens with zero attached hydrogens (tertiary/aromatic N) is 2. The van der Waals surface area contributed by atoms with Gasteiger partial charge in [0.25, 0.3) is 5.91 Å². The maximum atomic E-state index is 12.3. The molecule has 1 aromatic heterocycles. The van der Waals surface area contributed by atoms with Gasteiger partial charge in [-0.05, 0) is 20.8 Å². The monoisotopic (exact) mass is 237 g/mol. The fraction of sp³-hybridized carbons (Fsp3) is 0.667. The van der Waals surface area contributed by atoms with Crippen LogP contribution in [-0.4, -0.2) is 41.0 Å². The number of carbonyl (C=O) groups excluding carboxylic acids is 1. The fourth-order valence-corrected chi connectivity index (χ4v) is 2.37. The number of hydrogen-bond donors (Lipinski definition) is 1. The summed E-state index contributed by atoms with van der Waals surface area (Å²) in [6, 6.07) is 0.624. The summed E-state index contributed by atoms with van der Waals surface area (Å²) in [6.07, 6.45) is 0. The van der Waals surface area contributed by atoms with Gasteiger partial charge in [-0.3, -0.25) is 4.79 Å². The lowest BCUT2D eigenvalue weighted by Crippen LogP contribution is -2.55. The molecule has 17 heavy (non-hydrogen) atoms. The number of carbonyl (C=O) groups is 1. The Balaban J connectivity index is 2.17. The Morgan fingerprint density at radius 2 is 1.94 bits per heavy atom. The number of aromatic nitrogens is 1. The third-order valence-corrected chi connectivity index (χ3v) is 2.94. The van der Waals surface area contributed by atoms with E-state index in [1.165, 1.54) is 0 Å². The number of aryl methyl sites for hydroxylation is 2. The van der Waals surface area contributed by atoms with Gasteiger partial charge in [0.1, 0.15) is 0 Å². The third-order valence-electron chi connectivity index (χ3n) is 2.94. The minimum atomic E-state index is -0.0525. The van der Waals surface area contributed by atoms with Crippen LogP contribution in [0.25, 0.3) is 0 Å². The molecule has 2 atom stereocenters. The van der Waals surface area contributed by atoms with Gasteiger partial charge in [-0.25, -0.2) is 4.98 Å². The predicted molar refractivity (Wildman–Crippen MR) is 63.9 cm³/mol. The predicted octanol–water partition coefficient (Wildman–Crippen LogP) is 1.11. The molecule has 1 aliphatic heterocycles. The summed E-state index contributed by atoms with van der Waals surface area (Å²) in [7, 11) is 0. The molecule has 2 heterocycles. The molecule has 0 radical (unpaired) electrons. The van der Waals surface area contributed by atoms with Gasteiger partial charge in [0.05, 0.1) is 5.69 Å². The van der Waals surface area contributed by atoms with E-state index in [4.69, 9.17) is 4.42 Å². The van der Waals surface area contributed by atoms with E-state index in [1.54, 1.807) is 13.8 Å². The first kappa shape index (κ1) is 12.1. The van der Waals surface area contributed by atoms with Crippen molar-refractivity contribution in [3.05, 3.63) is 17.3 Å². The van der Waals surface area contributed by atoms with Gasteiger partial charge in [-0.15, -0.1) is 0 Å². The van der Waals surface area contributed by atoms with Crippen LogP contribution in [0.4, 0.5) is 0 Å². The van der Waals surface area contributed by atoms with Gasteiger partial charge < -0.3 is 14.6 Å². The summed E-state index contributed by atoms with van der Waals surface area (Å²) in [4.78, 5) is 18.3. The topological polar surface area (TPSA) is 58.4 Å². The minimum absolute atomic E-state index is 0.0525. The van der Waals surface area contributed by atoms with Crippen LogP contribution in [0.3, 0.4) is 0 Å². The minimum Gasteiger partial charge on any atom is -0.436 e. The molecular formula is C12H19N3O2. The van der Waals surface area contributed by atoms with Gasteiger partial charge in [0.15, 0.2) is 5.89 Å². The number of rotatable bonds is 1. The zero-order chi connectivity index (χ0) is 12.6. The van der Waals surface area contributed by atoms with E-state index in [-0.39, 0.29) is 5.91 Å². The van der Waals surface area contributed by atoms with Crippen LogP contribution < -0.4 is 5.32 Å². The molecule has 1 amide bonds. The lowest BCUT2D eigenvalue weighted by atomic mass is 10.1. The highest BCUT2D eigenvalue weighted by Gasteiger charge is 2.28. The molecule has 1 N–H and O–H groups in total. The summed E-state index contributed by atoms with van der Waals surface area (Å²) in [5.41, 5.74) is 0.673. The first-order valence-corrected chi connectivity index (χ1v) is 5.96. The Labute approximate surface area is 101 Å². The summed E-state index contributed by atoms with van der Waals surface area (Å²) >= 11 is 0. The van der Waals surface area contributed by atoms with Gasteiger partial charge in [0.2, 0.25) is 5.76 Å². The quantitative estimate of drug-likeness (QED) is 0.795. The number of oxazole rings is 1. The molecule has 5 heteroatoms. The van der Waals surface area contributed by atoms with Gasteiger partial charge in [0, 0.05) is 32.1 Å². The van der Waals surface area contributed by atoms with Gasteiger partial charge in [-0.2, -0.15) is 0 Å². The standard InChI is InChI=1S/C12H19N3O2/c1-7-5-15(6-8(2)13-7)12(16)11-9(3)14-10(4)17-11/h7-8,13H,5-6H2,1-4H3/t7-,8-/m0/s1. The Morgan fingerprint density at radius 1 is 1.35 bits per heavy atom. The van der Waals surface area contributed by atoms with E-state index in [0.717, 1.165) is 0 Å². The Kier molecular flexibility index (Phi) is 3.19. The maximum Gasteiger partial charge on any atom is 0.291 e. The number of hydrogen-bond acceptors (Lipinski definition) is 4.